The van der Waals surface area contributed by atoms with Crippen LogP contribution in [-0.4, -0.2) is 21.2 Å². The van der Waals surface area contributed by atoms with Crippen LogP contribution < -0.4 is 4.80 Å². The van der Waals surface area contributed by atoms with E-state index in [0.29, 0.717) is 5.69 Å². The summed E-state index contributed by atoms with van der Waals surface area (Å²) in [5.74, 6) is 1.74. The fourth-order valence-corrected chi connectivity index (χ4v) is 6.05. The normalized spacial score (nSPS) is 39.5. The first-order valence-corrected chi connectivity index (χ1v) is 8.36. The van der Waals surface area contributed by atoms with Crippen LogP contribution >= 0.6 is 11.3 Å². The highest BCUT2D eigenvalue weighted by molar-refractivity contribution is 7.07. The number of thiazole rings is 1. The van der Waals surface area contributed by atoms with E-state index in [1.807, 2.05) is 7.05 Å². The smallest absolute Gasteiger partial charge is 0.353 e. The summed E-state index contributed by atoms with van der Waals surface area (Å²) in [5, 5.41) is 10.9. The molecule has 4 nitrogen and oxygen atoms in total. The molecule has 0 unspecified atom stereocenters. The number of rotatable bonds is 2. The van der Waals surface area contributed by atoms with Crippen LogP contribution in [0.3, 0.4) is 0 Å². The predicted molar refractivity (Wildman–Crippen MR) is 76.7 cm³/mol. The monoisotopic (exact) mass is 292 g/mol. The third-order valence-corrected chi connectivity index (χ3v) is 6.40. The van der Waals surface area contributed by atoms with Gasteiger partial charge in [-0.15, -0.1) is 11.3 Å². The Balaban J connectivity index is 1.75. The van der Waals surface area contributed by atoms with Crippen LogP contribution in [0.1, 0.15) is 49.0 Å². The van der Waals surface area contributed by atoms with Gasteiger partial charge in [0.15, 0.2) is 4.80 Å². The highest BCUT2D eigenvalue weighted by Gasteiger charge is 2.51. The van der Waals surface area contributed by atoms with Crippen LogP contribution in [0, 0.1) is 17.8 Å². The van der Waals surface area contributed by atoms with Crippen molar-refractivity contribution in [2.24, 2.45) is 29.8 Å². The van der Waals surface area contributed by atoms with Gasteiger partial charge in [-0.25, -0.2) is 4.79 Å². The second-order valence-electron chi connectivity index (χ2n) is 7.02. The van der Waals surface area contributed by atoms with Crippen LogP contribution in [0.4, 0.5) is 0 Å². The number of hydrogen-bond donors (Lipinski definition) is 1. The number of aromatic nitrogens is 1. The highest BCUT2D eigenvalue weighted by Crippen LogP contribution is 2.57. The van der Waals surface area contributed by atoms with E-state index in [0.717, 1.165) is 22.6 Å². The van der Waals surface area contributed by atoms with Gasteiger partial charge in [-0.3, -0.25) is 4.99 Å². The van der Waals surface area contributed by atoms with Crippen molar-refractivity contribution in [2.45, 2.75) is 44.1 Å². The average Bonchev–Trinajstić information content (AvgIpc) is 2.68. The Morgan fingerprint density at radius 3 is 2.30 bits per heavy atom. The Kier molecular flexibility index (Phi) is 2.65. The molecule has 1 N–H and O–H groups in total. The molecule has 20 heavy (non-hydrogen) atoms. The van der Waals surface area contributed by atoms with Gasteiger partial charge >= 0.3 is 5.97 Å². The van der Waals surface area contributed by atoms with Crippen molar-refractivity contribution in [3.63, 3.8) is 0 Å². The largest absolute Gasteiger partial charge is 0.477 e. The molecule has 4 aliphatic rings. The van der Waals surface area contributed by atoms with Crippen LogP contribution in [-0.2, 0) is 7.05 Å². The van der Waals surface area contributed by atoms with E-state index in [9.17, 15) is 4.79 Å². The maximum atomic E-state index is 11.1. The third-order valence-electron chi connectivity index (χ3n) is 5.48. The van der Waals surface area contributed by atoms with Crippen LogP contribution in [0.25, 0.3) is 0 Å². The topological polar surface area (TPSA) is 54.6 Å². The van der Waals surface area contributed by atoms with E-state index in [1.54, 1.807) is 9.95 Å². The zero-order valence-corrected chi connectivity index (χ0v) is 12.5. The third kappa shape index (κ3) is 1.86. The summed E-state index contributed by atoms with van der Waals surface area (Å²) in [5.41, 5.74) is 0.464. The number of hydrogen-bond acceptors (Lipinski definition) is 3. The molecule has 4 saturated carbocycles. The molecule has 1 aromatic heterocycles. The van der Waals surface area contributed by atoms with Gasteiger partial charge in [-0.2, -0.15) is 0 Å². The van der Waals surface area contributed by atoms with E-state index in [1.165, 1.54) is 49.9 Å². The zero-order valence-electron chi connectivity index (χ0n) is 11.7. The predicted octanol–water partition coefficient (Wildman–Crippen LogP) is 2.65. The number of nitrogens with zero attached hydrogens (tertiary/aromatic N) is 2. The van der Waals surface area contributed by atoms with Gasteiger partial charge in [-0.1, -0.05) is 0 Å². The quantitative estimate of drug-likeness (QED) is 0.911. The second-order valence-corrected chi connectivity index (χ2v) is 7.86. The zero-order chi connectivity index (χ0) is 13.9. The molecule has 5 heteroatoms. The Morgan fingerprint density at radius 2 is 1.85 bits per heavy atom. The SMILES string of the molecule is Cn1c(C(=O)O)csc1=NC12CC3CC(CC(C3)C1)C2. The lowest BCUT2D eigenvalue weighted by Gasteiger charge is -2.54. The van der Waals surface area contributed by atoms with Gasteiger partial charge in [0, 0.05) is 12.4 Å². The lowest BCUT2D eigenvalue weighted by atomic mass is 9.53. The lowest BCUT2D eigenvalue weighted by Crippen LogP contribution is -2.50. The first kappa shape index (κ1) is 12.6. The molecule has 1 heterocycles. The Hall–Kier alpha value is -1.10. The minimum absolute atomic E-state index is 0.118. The molecule has 4 aliphatic carbocycles. The summed E-state index contributed by atoms with van der Waals surface area (Å²) in [6, 6.07) is 0. The molecule has 4 bridgehead atoms. The molecule has 0 aliphatic heterocycles. The number of carboxylic acids is 1. The summed E-state index contributed by atoms with van der Waals surface area (Å²) in [6.07, 6.45) is 7.89. The van der Waals surface area contributed by atoms with Gasteiger partial charge in [0.1, 0.15) is 5.69 Å². The van der Waals surface area contributed by atoms with E-state index < -0.39 is 5.97 Å². The number of carbonyl (C=O) groups is 1. The van der Waals surface area contributed by atoms with Crippen molar-refractivity contribution in [1.82, 2.24) is 4.57 Å². The standard InChI is InChI=1S/C15H20N2O2S/c1-17-12(13(18)19)8-20-14(17)16-15-5-9-2-10(6-15)4-11(3-9)7-15/h8-11H,2-7H2,1H3,(H,18,19). The molecule has 0 aromatic carbocycles. The summed E-state index contributed by atoms with van der Waals surface area (Å²) in [7, 11) is 1.82. The molecular weight excluding hydrogens is 272 g/mol. The van der Waals surface area contributed by atoms with E-state index in [-0.39, 0.29) is 5.54 Å². The Labute approximate surface area is 122 Å². The fraction of sp³-hybridized carbons (Fsp3) is 0.733. The van der Waals surface area contributed by atoms with E-state index in [2.05, 4.69) is 0 Å². The van der Waals surface area contributed by atoms with Crippen molar-refractivity contribution in [2.75, 3.05) is 0 Å². The van der Waals surface area contributed by atoms with Crippen LogP contribution in [0.2, 0.25) is 0 Å². The van der Waals surface area contributed by atoms with E-state index >= 15 is 0 Å². The number of carboxylic acid groups (broad SMARTS) is 1. The minimum atomic E-state index is -0.865. The first-order valence-electron chi connectivity index (χ1n) is 7.48. The van der Waals surface area contributed by atoms with Crippen LogP contribution in [0.15, 0.2) is 10.4 Å². The highest BCUT2D eigenvalue weighted by atomic mass is 32.1. The molecule has 0 amide bonds. The van der Waals surface area contributed by atoms with Crippen molar-refractivity contribution in [3.05, 3.63) is 15.9 Å². The summed E-state index contributed by atoms with van der Waals surface area (Å²) in [6.45, 7) is 0. The minimum Gasteiger partial charge on any atom is -0.477 e. The van der Waals surface area contributed by atoms with Gasteiger partial charge < -0.3 is 9.67 Å². The molecule has 4 fully saturated rings. The average molecular weight is 292 g/mol. The maximum Gasteiger partial charge on any atom is 0.353 e. The van der Waals surface area contributed by atoms with Crippen molar-refractivity contribution < 1.29 is 9.90 Å². The summed E-state index contributed by atoms with van der Waals surface area (Å²) < 4.78 is 1.74. The molecule has 0 atom stereocenters. The van der Waals surface area contributed by atoms with Gasteiger partial charge in [0.05, 0.1) is 5.54 Å². The molecule has 0 saturated heterocycles. The summed E-state index contributed by atoms with van der Waals surface area (Å²) in [4.78, 5) is 17.1. The van der Waals surface area contributed by atoms with Crippen molar-refractivity contribution >= 4 is 17.3 Å². The molecule has 1 aromatic rings. The lowest BCUT2D eigenvalue weighted by molar-refractivity contribution is -0.000386. The molecule has 5 rings (SSSR count). The second kappa shape index (κ2) is 4.20. The fourth-order valence-electron chi connectivity index (χ4n) is 5.07. The summed E-state index contributed by atoms with van der Waals surface area (Å²) >= 11 is 1.47. The van der Waals surface area contributed by atoms with Crippen molar-refractivity contribution in [1.29, 1.82) is 0 Å². The first-order chi connectivity index (χ1) is 9.55. The van der Waals surface area contributed by atoms with Crippen molar-refractivity contribution in [3.8, 4) is 0 Å². The van der Waals surface area contributed by atoms with E-state index in [4.69, 9.17) is 10.1 Å². The van der Waals surface area contributed by atoms with Gasteiger partial charge in [0.2, 0.25) is 0 Å². The van der Waals surface area contributed by atoms with Crippen LogP contribution in [0.5, 0.6) is 0 Å². The molecular formula is C15H20N2O2S. The number of aromatic carboxylic acids is 1. The van der Waals surface area contributed by atoms with Gasteiger partial charge in [0.25, 0.3) is 0 Å². The molecule has 0 spiro atoms. The van der Waals surface area contributed by atoms with Gasteiger partial charge in [-0.05, 0) is 56.3 Å². The maximum absolute atomic E-state index is 11.1. The Bertz CT molecular complexity index is 593. The molecule has 108 valence electrons. The molecule has 0 radical (unpaired) electrons. The Morgan fingerprint density at radius 1 is 1.30 bits per heavy atom.